The summed E-state index contributed by atoms with van der Waals surface area (Å²) >= 11 is 0. The van der Waals surface area contributed by atoms with Gasteiger partial charge in [-0.2, -0.15) is 4.52 Å². The van der Waals surface area contributed by atoms with Crippen molar-refractivity contribution in [3.05, 3.63) is 11.7 Å². The van der Waals surface area contributed by atoms with Gasteiger partial charge in [-0.05, 0) is 0 Å². The van der Waals surface area contributed by atoms with Gasteiger partial charge in [0.05, 0.1) is 0 Å². The largest absolute Gasteiger partial charge is 0.406 e. The molecule has 2 heterocycles. The minimum Gasteiger partial charge on any atom is -0.406 e. The van der Waals surface area contributed by atoms with Crippen molar-refractivity contribution < 1.29 is 4.42 Å². The van der Waals surface area contributed by atoms with Crippen molar-refractivity contribution >= 4 is 5.84 Å². The fraction of sp³-hybridized carbons (Fsp3) is 0.667. The fourth-order valence-electron chi connectivity index (χ4n) is 1.24. The Labute approximate surface area is 82.1 Å². The molecule has 0 fully saturated rings. The Bertz CT molecular complexity index is 441. The van der Waals surface area contributed by atoms with Gasteiger partial charge >= 0.3 is 5.84 Å². The average molecular weight is 194 g/mol. The molecule has 0 aliphatic heterocycles. The smallest absolute Gasteiger partial charge is 0.345 e. The molecule has 0 saturated carbocycles. The van der Waals surface area contributed by atoms with Gasteiger partial charge in [0.25, 0.3) is 0 Å². The molecule has 2 rings (SSSR count). The summed E-state index contributed by atoms with van der Waals surface area (Å²) in [7, 11) is 0. The van der Waals surface area contributed by atoms with E-state index in [1.54, 1.807) is 4.52 Å². The molecule has 0 amide bonds. The summed E-state index contributed by atoms with van der Waals surface area (Å²) in [5.74, 6) is 2.61. The molecule has 0 unspecified atom stereocenters. The number of rotatable bonds is 2. The van der Waals surface area contributed by atoms with E-state index in [0.29, 0.717) is 17.7 Å². The zero-order valence-electron chi connectivity index (χ0n) is 8.85. The first-order valence-corrected chi connectivity index (χ1v) is 4.81. The molecule has 0 radical (unpaired) electrons. The number of fused-ring (bicyclic) bond motifs is 1. The minimum atomic E-state index is 0.275. The second-order valence-corrected chi connectivity index (χ2v) is 4.00. The van der Waals surface area contributed by atoms with Gasteiger partial charge in [-0.15, -0.1) is 10.2 Å². The summed E-state index contributed by atoms with van der Waals surface area (Å²) in [6, 6.07) is 0. The van der Waals surface area contributed by atoms with Crippen molar-refractivity contribution in [1.82, 2.24) is 19.8 Å². The molecule has 2 aromatic rings. The van der Waals surface area contributed by atoms with Crippen LogP contribution in [0.1, 0.15) is 51.2 Å². The lowest BCUT2D eigenvalue weighted by Crippen LogP contribution is -1.99. The molecule has 0 aromatic carbocycles. The Morgan fingerprint density at radius 1 is 1.07 bits per heavy atom. The topological polar surface area (TPSA) is 56.2 Å². The van der Waals surface area contributed by atoms with E-state index in [4.69, 9.17) is 4.42 Å². The van der Waals surface area contributed by atoms with E-state index in [1.165, 1.54) is 0 Å². The molecule has 2 aromatic heterocycles. The zero-order valence-corrected chi connectivity index (χ0v) is 8.85. The quantitative estimate of drug-likeness (QED) is 0.733. The zero-order chi connectivity index (χ0) is 10.3. The third kappa shape index (κ3) is 1.29. The number of nitrogens with zero attached hydrogens (tertiary/aromatic N) is 4. The van der Waals surface area contributed by atoms with Crippen molar-refractivity contribution in [3.8, 4) is 0 Å². The van der Waals surface area contributed by atoms with Crippen molar-refractivity contribution in [2.75, 3.05) is 0 Å². The summed E-state index contributed by atoms with van der Waals surface area (Å²) in [5.41, 5.74) is 0. The maximum absolute atomic E-state index is 5.44. The minimum absolute atomic E-state index is 0.275. The van der Waals surface area contributed by atoms with Gasteiger partial charge in [-0.1, -0.05) is 32.8 Å². The highest BCUT2D eigenvalue weighted by Crippen LogP contribution is 2.17. The van der Waals surface area contributed by atoms with E-state index in [9.17, 15) is 0 Å². The Morgan fingerprint density at radius 2 is 1.79 bits per heavy atom. The van der Waals surface area contributed by atoms with Crippen LogP contribution in [-0.4, -0.2) is 19.8 Å². The second kappa shape index (κ2) is 3.08. The van der Waals surface area contributed by atoms with Gasteiger partial charge < -0.3 is 4.42 Å². The van der Waals surface area contributed by atoms with E-state index in [2.05, 4.69) is 29.1 Å². The Morgan fingerprint density at radius 3 is 2.36 bits per heavy atom. The maximum Gasteiger partial charge on any atom is 0.345 e. The molecule has 5 nitrogen and oxygen atoms in total. The van der Waals surface area contributed by atoms with E-state index >= 15 is 0 Å². The normalized spacial score (nSPS) is 12.1. The lowest BCUT2D eigenvalue weighted by atomic mass is 10.2. The van der Waals surface area contributed by atoms with Crippen LogP contribution >= 0.6 is 0 Å². The first-order valence-electron chi connectivity index (χ1n) is 4.81. The predicted octanol–water partition coefficient (Wildman–Crippen LogP) is 1.96. The van der Waals surface area contributed by atoms with E-state index in [0.717, 1.165) is 5.82 Å². The van der Waals surface area contributed by atoms with Crippen molar-refractivity contribution in [2.45, 2.75) is 39.5 Å². The molecule has 0 N–H and O–H groups in total. The lowest BCUT2D eigenvalue weighted by molar-refractivity contribution is 0.491. The van der Waals surface area contributed by atoms with Crippen LogP contribution in [0.4, 0.5) is 0 Å². The molecular weight excluding hydrogens is 180 g/mol. The van der Waals surface area contributed by atoms with E-state index in [1.807, 2.05) is 13.8 Å². The summed E-state index contributed by atoms with van der Waals surface area (Å²) in [6.07, 6.45) is 0. The monoisotopic (exact) mass is 194 g/mol. The van der Waals surface area contributed by atoms with Gasteiger partial charge in [0, 0.05) is 11.8 Å². The van der Waals surface area contributed by atoms with Gasteiger partial charge in [-0.25, -0.2) is 0 Å². The summed E-state index contributed by atoms with van der Waals surface area (Å²) in [4.78, 5) is 0. The Hall–Kier alpha value is -1.39. The van der Waals surface area contributed by atoms with E-state index in [-0.39, 0.29) is 5.92 Å². The van der Waals surface area contributed by atoms with Crippen molar-refractivity contribution in [3.63, 3.8) is 0 Å². The Balaban J connectivity index is 2.56. The Kier molecular flexibility index (Phi) is 2.02. The number of aromatic nitrogens is 4. The van der Waals surface area contributed by atoms with Gasteiger partial charge in [0.2, 0.25) is 5.89 Å². The van der Waals surface area contributed by atoms with Crippen LogP contribution in [0.3, 0.4) is 0 Å². The fourth-order valence-corrected chi connectivity index (χ4v) is 1.24. The average Bonchev–Trinajstić information content (AvgIpc) is 2.58. The molecule has 0 saturated heterocycles. The first-order chi connectivity index (χ1) is 6.59. The highest BCUT2D eigenvalue weighted by Gasteiger charge is 2.16. The van der Waals surface area contributed by atoms with Crippen LogP contribution in [0.25, 0.3) is 5.84 Å². The molecule has 76 valence electrons. The third-order valence-corrected chi connectivity index (χ3v) is 2.04. The molecule has 0 bridgehead atoms. The standard InChI is InChI=1S/C9H14N4O/c1-5(2)7-10-11-9-13(7)12-8(14-9)6(3)4/h5-6H,1-4H3. The predicted molar refractivity (Wildman–Crippen MR) is 51.2 cm³/mol. The third-order valence-electron chi connectivity index (χ3n) is 2.04. The van der Waals surface area contributed by atoms with Crippen LogP contribution in [0.15, 0.2) is 4.42 Å². The van der Waals surface area contributed by atoms with Crippen molar-refractivity contribution in [1.29, 1.82) is 0 Å². The van der Waals surface area contributed by atoms with Gasteiger partial charge in [0.1, 0.15) is 0 Å². The highest BCUT2D eigenvalue weighted by atomic mass is 16.4. The molecule has 0 atom stereocenters. The van der Waals surface area contributed by atoms with Crippen molar-refractivity contribution in [2.24, 2.45) is 0 Å². The van der Waals surface area contributed by atoms with E-state index < -0.39 is 0 Å². The van der Waals surface area contributed by atoms with Gasteiger partial charge in [-0.3, -0.25) is 0 Å². The van der Waals surface area contributed by atoms with Crippen LogP contribution in [-0.2, 0) is 0 Å². The summed E-state index contributed by atoms with van der Waals surface area (Å²) in [5, 5.41) is 12.3. The molecule has 0 aliphatic rings. The number of hydrogen-bond acceptors (Lipinski definition) is 4. The molecular formula is C9H14N4O. The molecule has 14 heavy (non-hydrogen) atoms. The summed E-state index contributed by atoms with van der Waals surface area (Å²) < 4.78 is 7.12. The number of hydrogen-bond donors (Lipinski definition) is 0. The second-order valence-electron chi connectivity index (χ2n) is 4.00. The first kappa shape index (κ1) is 9.18. The molecule has 0 spiro atoms. The molecule has 5 heteroatoms. The SMILES string of the molecule is CC(C)c1nn2c(C(C)C)nnc2o1. The van der Waals surface area contributed by atoms with Crippen LogP contribution in [0, 0.1) is 0 Å². The summed E-state index contributed by atoms with van der Waals surface area (Å²) in [6.45, 7) is 8.18. The highest BCUT2D eigenvalue weighted by molar-refractivity contribution is 5.21. The molecule has 0 aliphatic carbocycles. The maximum atomic E-state index is 5.44. The lowest BCUT2D eigenvalue weighted by Gasteiger charge is -1.97. The van der Waals surface area contributed by atoms with Gasteiger partial charge in [0.15, 0.2) is 5.82 Å². The van der Waals surface area contributed by atoms with Crippen LogP contribution in [0.2, 0.25) is 0 Å². The van der Waals surface area contributed by atoms with Crippen LogP contribution in [0.5, 0.6) is 0 Å². The van der Waals surface area contributed by atoms with Crippen LogP contribution < -0.4 is 0 Å².